The summed E-state index contributed by atoms with van der Waals surface area (Å²) in [5, 5.41) is 1.23. The number of esters is 1. The molecule has 0 atom stereocenters. The third-order valence-electron chi connectivity index (χ3n) is 8.11. The molecule has 2 heterocycles. The van der Waals surface area contributed by atoms with E-state index in [4.69, 9.17) is 21.4 Å². The fourth-order valence-electron chi connectivity index (χ4n) is 6.87. The molecule has 4 aliphatic carbocycles. The highest BCUT2D eigenvalue weighted by Crippen LogP contribution is 2.60. The Bertz CT molecular complexity index is 1280. The summed E-state index contributed by atoms with van der Waals surface area (Å²) in [6.07, 6.45) is 8.15. The molecule has 7 rings (SSSR count). The Hall–Kier alpha value is -2.91. The van der Waals surface area contributed by atoms with Gasteiger partial charge in [0.1, 0.15) is 11.5 Å². The Balaban J connectivity index is 1.14. The topological polar surface area (TPSA) is 88.9 Å². The molecule has 4 bridgehead atoms. The number of carbonyl (C=O) groups is 3. The Labute approximate surface area is 224 Å². The van der Waals surface area contributed by atoms with E-state index in [1.165, 1.54) is 24.3 Å². The van der Waals surface area contributed by atoms with Crippen molar-refractivity contribution in [2.24, 2.45) is 23.2 Å². The summed E-state index contributed by atoms with van der Waals surface area (Å²) in [4.78, 5) is 38.9. The number of hydrazine groups is 1. The van der Waals surface area contributed by atoms with E-state index < -0.39 is 0 Å². The van der Waals surface area contributed by atoms with Crippen LogP contribution >= 0.6 is 24.0 Å². The molecule has 1 aliphatic heterocycles. The van der Waals surface area contributed by atoms with Gasteiger partial charge in [0, 0.05) is 11.6 Å². The molecule has 2 amide bonds. The van der Waals surface area contributed by atoms with E-state index in [1.54, 1.807) is 49.4 Å². The van der Waals surface area contributed by atoms with Gasteiger partial charge in [-0.2, -0.15) is 5.01 Å². The molecule has 0 radical (unpaired) electrons. The van der Waals surface area contributed by atoms with E-state index in [1.807, 2.05) is 0 Å². The number of ether oxygens (including phenoxy) is 1. The number of rotatable bonds is 6. The summed E-state index contributed by atoms with van der Waals surface area (Å²) in [6.45, 7) is 2.09. The smallest absolute Gasteiger partial charge is 0.338 e. The van der Waals surface area contributed by atoms with E-state index in [-0.39, 0.29) is 23.2 Å². The Morgan fingerprint density at radius 3 is 2.38 bits per heavy atom. The Morgan fingerprint density at radius 2 is 1.76 bits per heavy atom. The molecule has 5 fully saturated rings. The largest absolute Gasteiger partial charge is 0.462 e. The van der Waals surface area contributed by atoms with E-state index >= 15 is 0 Å². The van der Waals surface area contributed by atoms with Gasteiger partial charge in [0.05, 0.1) is 22.5 Å². The first-order chi connectivity index (χ1) is 17.8. The fraction of sp³-hybridized carbons (Fsp3) is 0.429. The second kappa shape index (κ2) is 9.44. The zero-order valence-electron chi connectivity index (χ0n) is 20.5. The maximum absolute atomic E-state index is 13.4. The van der Waals surface area contributed by atoms with Gasteiger partial charge in [0.25, 0.3) is 5.91 Å². The summed E-state index contributed by atoms with van der Waals surface area (Å²) in [5.74, 6) is 2.24. The molecule has 0 unspecified atom stereocenters. The van der Waals surface area contributed by atoms with Crippen molar-refractivity contribution in [2.75, 3.05) is 6.61 Å². The van der Waals surface area contributed by atoms with Gasteiger partial charge in [-0.05, 0) is 99.7 Å². The standard InChI is InChI=1S/C28H28N2O5S2/c1-2-34-25(32)20-5-3-19(4-6-20)22-8-7-21(35-22)12-23-24(31)30(27(36)37-23)29-26(33)28-13-16-9-17(14-28)11-18(10-16)15-28/h3-8,12,16-18H,2,9-11,13-15H2,1H3,(H,29,33)/b23-12+. The SMILES string of the molecule is CCOC(=O)c1ccc(-c2ccc(/C=C3/SC(=S)N(NC(=O)C45CC6CC(CC(C6)C4)C5)C3=O)o2)cc1. The molecule has 0 spiro atoms. The van der Waals surface area contributed by atoms with E-state index in [0.717, 1.165) is 36.6 Å². The normalized spacial score (nSPS) is 29.3. The average molecular weight is 537 g/mol. The molecule has 5 aliphatic rings. The van der Waals surface area contributed by atoms with E-state index in [0.29, 0.717) is 50.7 Å². The van der Waals surface area contributed by atoms with Gasteiger partial charge in [-0.15, -0.1) is 0 Å². The van der Waals surface area contributed by atoms with E-state index in [2.05, 4.69) is 5.43 Å². The van der Waals surface area contributed by atoms with Gasteiger partial charge in [0.15, 0.2) is 4.32 Å². The van der Waals surface area contributed by atoms with Crippen molar-refractivity contribution in [3.63, 3.8) is 0 Å². The molecule has 2 aromatic rings. The van der Waals surface area contributed by atoms with Crippen LogP contribution in [0.2, 0.25) is 0 Å². The summed E-state index contributed by atoms with van der Waals surface area (Å²) < 4.78 is 11.3. The molecule has 7 nitrogen and oxygen atoms in total. The number of carbonyl (C=O) groups excluding carboxylic acids is 3. The molecule has 1 aromatic heterocycles. The molecular formula is C28H28N2O5S2. The van der Waals surface area contributed by atoms with Crippen molar-refractivity contribution in [2.45, 2.75) is 45.4 Å². The van der Waals surface area contributed by atoms with Gasteiger partial charge in [0.2, 0.25) is 5.91 Å². The molecule has 37 heavy (non-hydrogen) atoms. The van der Waals surface area contributed by atoms with Crippen LogP contribution in [0.1, 0.15) is 61.6 Å². The van der Waals surface area contributed by atoms with Crippen molar-refractivity contribution < 1.29 is 23.5 Å². The minimum absolute atomic E-state index is 0.0595. The summed E-state index contributed by atoms with van der Waals surface area (Å²) in [7, 11) is 0. The number of benzene rings is 1. The minimum atomic E-state index is -0.369. The zero-order chi connectivity index (χ0) is 25.7. The van der Waals surface area contributed by atoms with Crippen LogP contribution in [0.25, 0.3) is 17.4 Å². The van der Waals surface area contributed by atoms with Gasteiger partial charge >= 0.3 is 5.97 Å². The van der Waals surface area contributed by atoms with Gasteiger partial charge in [-0.25, -0.2) is 4.79 Å². The van der Waals surface area contributed by atoms with E-state index in [9.17, 15) is 14.4 Å². The van der Waals surface area contributed by atoms with Crippen molar-refractivity contribution in [1.29, 1.82) is 0 Å². The summed E-state index contributed by atoms with van der Waals surface area (Å²) in [6, 6.07) is 10.5. The number of hydrogen-bond acceptors (Lipinski definition) is 7. The van der Waals surface area contributed by atoms with Gasteiger partial charge < -0.3 is 9.15 Å². The minimum Gasteiger partial charge on any atom is -0.462 e. The highest BCUT2D eigenvalue weighted by Gasteiger charge is 2.55. The number of furan rings is 1. The third-order valence-corrected chi connectivity index (χ3v) is 9.41. The first-order valence-corrected chi connectivity index (χ1v) is 14.0. The first kappa shape index (κ1) is 24.4. The van der Waals surface area contributed by atoms with Crippen molar-refractivity contribution in [3.8, 4) is 11.3 Å². The Kier molecular flexibility index (Phi) is 6.23. The fourth-order valence-corrected chi connectivity index (χ4v) is 8.03. The molecule has 1 N–H and O–H groups in total. The maximum atomic E-state index is 13.4. The molecule has 192 valence electrons. The van der Waals surface area contributed by atoms with Crippen LogP contribution in [0.3, 0.4) is 0 Å². The summed E-state index contributed by atoms with van der Waals surface area (Å²) >= 11 is 6.60. The first-order valence-electron chi connectivity index (χ1n) is 12.8. The van der Waals surface area contributed by atoms with Gasteiger partial charge in [-0.1, -0.05) is 23.9 Å². The van der Waals surface area contributed by atoms with Crippen LogP contribution in [0, 0.1) is 23.2 Å². The molecule has 4 saturated carbocycles. The average Bonchev–Trinajstić information content (AvgIpc) is 3.43. The number of nitrogens with one attached hydrogen (secondary N) is 1. The number of hydrogen-bond donors (Lipinski definition) is 1. The van der Waals surface area contributed by atoms with Crippen LogP contribution < -0.4 is 5.43 Å². The predicted octanol–water partition coefficient (Wildman–Crippen LogP) is 5.57. The number of nitrogens with zero attached hydrogens (tertiary/aromatic N) is 1. The lowest BCUT2D eigenvalue weighted by Gasteiger charge is -2.55. The Morgan fingerprint density at radius 1 is 1.11 bits per heavy atom. The number of thiocarbonyl (C=S) groups is 1. The molecule has 1 saturated heterocycles. The van der Waals surface area contributed by atoms with Crippen LogP contribution in [0.15, 0.2) is 45.7 Å². The van der Waals surface area contributed by atoms with Crippen molar-refractivity contribution in [3.05, 3.63) is 52.6 Å². The second-order valence-corrected chi connectivity index (χ2v) is 12.3. The van der Waals surface area contributed by atoms with Crippen molar-refractivity contribution in [1.82, 2.24) is 10.4 Å². The van der Waals surface area contributed by atoms with Gasteiger partial charge in [-0.3, -0.25) is 15.0 Å². The number of thioether (sulfide) groups is 1. The maximum Gasteiger partial charge on any atom is 0.338 e. The molecule has 9 heteroatoms. The molecule has 1 aromatic carbocycles. The molecular weight excluding hydrogens is 508 g/mol. The predicted molar refractivity (Wildman–Crippen MR) is 144 cm³/mol. The third kappa shape index (κ3) is 4.52. The summed E-state index contributed by atoms with van der Waals surface area (Å²) in [5.41, 5.74) is 3.78. The van der Waals surface area contributed by atoms with Crippen LogP contribution in [0.4, 0.5) is 0 Å². The lowest BCUT2D eigenvalue weighted by molar-refractivity contribution is -0.152. The lowest BCUT2D eigenvalue weighted by atomic mass is 9.49. The second-order valence-electron chi connectivity index (χ2n) is 10.7. The monoisotopic (exact) mass is 536 g/mol. The highest BCUT2D eigenvalue weighted by atomic mass is 32.2. The highest BCUT2D eigenvalue weighted by molar-refractivity contribution is 8.26. The quantitative estimate of drug-likeness (QED) is 0.293. The van der Waals surface area contributed by atoms with Crippen LogP contribution in [-0.4, -0.2) is 33.7 Å². The zero-order valence-corrected chi connectivity index (χ0v) is 22.2. The van der Waals surface area contributed by atoms with Crippen LogP contribution in [-0.2, 0) is 14.3 Å². The van der Waals surface area contributed by atoms with Crippen LogP contribution in [0.5, 0.6) is 0 Å². The van der Waals surface area contributed by atoms with Crippen molar-refractivity contribution >= 4 is 52.2 Å². The number of amides is 2. The lowest BCUT2D eigenvalue weighted by Crippen LogP contribution is -2.57.